The molecule has 1 aromatic heterocycles. The maximum absolute atomic E-state index is 12.4. The van der Waals surface area contributed by atoms with Gasteiger partial charge in [0, 0.05) is 35.6 Å². The topological polar surface area (TPSA) is 77.8 Å². The number of halogens is 1. The Labute approximate surface area is 150 Å². The standard InChI is InChI=1S/C18H20ClNO5/c1-11-8-15(12(2)20(11)6-7-24-3)17(22)10-25-18(23)14-5-4-13(19)9-16(14)21/h4-5,8-9,21H,6-7,10H2,1-3H3. The van der Waals surface area contributed by atoms with Crippen molar-refractivity contribution in [2.45, 2.75) is 20.4 Å². The lowest BCUT2D eigenvalue weighted by atomic mass is 10.1. The lowest BCUT2D eigenvalue weighted by Gasteiger charge is -2.09. The van der Waals surface area contributed by atoms with Gasteiger partial charge in [-0.25, -0.2) is 4.79 Å². The first-order valence-corrected chi connectivity index (χ1v) is 8.07. The van der Waals surface area contributed by atoms with Crippen molar-refractivity contribution in [3.63, 3.8) is 0 Å². The van der Waals surface area contributed by atoms with Crippen LogP contribution in [0.3, 0.4) is 0 Å². The third-order valence-corrected chi connectivity index (χ3v) is 4.14. The van der Waals surface area contributed by atoms with Gasteiger partial charge in [0.05, 0.1) is 6.61 Å². The number of hydrogen-bond acceptors (Lipinski definition) is 5. The number of aromatic nitrogens is 1. The first-order valence-electron chi connectivity index (χ1n) is 7.69. The summed E-state index contributed by atoms with van der Waals surface area (Å²) in [5.74, 6) is -1.38. The highest BCUT2D eigenvalue weighted by atomic mass is 35.5. The molecule has 134 valence electrons. The molecule has 2 rings (SSSR count). The Morgan fingerprint density at radius 2 is 1.92 bits per heavy atom. The predicted octanol–water partition coefficient (Wildman–Crippen LogP) is 3.15. The number of esters is 1. The summed E-state index contributed by atoms with van der Waals surface area (Å²) in [6.45, 7) is 4.50. The van der Waals surface area contributed by atoms with E-state index >= 15 is 0 Å². The molecule has 0 unspecified atom stereocenters. The van der Waals surface area contributed by atoms with Crippen LogP contribution in [0.2, 0.25) is 5.02 Å². The summed E-state index contributed by atoms with van der Waals surface area (Å²) < 4.78 is 12.1. The molecular weight excluding hydrogens is 346 g/mol. The molecule has 6 nitrogen and oxygen atoms in total. The number of ketones is 1. The molecule has 1 N–H and O–H groups in total. The van der Waals surface area contributed by atoms with Gasteiger partial charge in [0.15, 0.2) is 6.61 Å². The molecule has 0 saturated carbocycles. The minimum atomic E-state index is -0.782. The fourth-order valence-electron chi connectivity index (χ4n) is 2.57. The van der Waals surface area contributed by atoms with Gasteiger partial charge in [0.25, 0.3) is 0 Å². The molecule has 0 aliphatic carbocycles. The quantitative estimate of drug-likeness (QED) is 0.602. The van der Waals surface area contributed by atoms with Crippen molar-refractivity contribution in [3.05, 3.63) is 51.8 Å². The average molecular weight is 366 g/mol. The van der Waals surface area contributed by atoms with Crippen LogP contribution in [0.1, 0.15) is 32.1 Å². The van der Waals surface area contributed by atoms with Crippen LogP contribution in [-0.2, 0) is 16.0 Å². The number of phenols is 1. The molecule has 0 radical (unpaired) electrons. The Kier molecular flexibility index (Phi) is 6.22. The summed E-state index contributed by atoms with van der Waals surface area (Å²) >= 11 is 5.72. The number of nitrogens with zero attached hydrogens (tertiary/aromatic N) is 1. The maximum atomic E-state index is 12.4. The first kappa shape index (κ1) is 19.0. The monoisotopic (exact) mass is 365 g/mol. The Balaban J connectivity index is 2.06. The van der Waals surface area contributed by atoms with E-state index in [1.165, 1.54) is 18.2 Å². The van der Waals surface area contributed by atoms with E-state index in [9.17, 15) is 14.7 Å². The van der Waals surface area contributed by atoms with Gasteiger partial charge in [-0.15, -0.1) is 0 Å². The first-order chi connectivity index (χ1) is 11.8. The molecule has 0 bridgehead atoms. The fourth-order valence-corrected chi connectivity index (χ4v) is 2.74. The van der Waals surface area contributed by atoms with Crippen molar-refractivity contribution >= 4 is 23.4 Å². The minimum Gasteiger partial charge on any atom is -0.507 e. The van der Waals surface area contributed by atoms with Crippen LogP contribution >= 0.6 is 11.6 Å². The van der Waals surface area contributed by atoms with Crippen LogP contribution < -0.4 is 0 Å². The largest absolute Gasteiger partial charge is 0.507 e. The van der Waals surface area contributed by atoms with Crippen molar-refractivity contribution in [3.8, 4) is 5.75 Å². The van der Waals surface area contributed by atoms with Crippen LogP contribution in [0, 0.1) is 13.8 Å². The molecular formula is C18H20ClNO5. The number of ether oxygens (including phenoxy) is 2. The van der Waals surface area contributed by atoms with Crippen molar-refractivity contribution in [2.24, 2.45) is 0 Å². The van der Waals surface area contributed by atoms with Crippen LogP contribution in [-0.4, -0.2) is 41.7 Å². The summed E-state index contributed by atoms with van der Waals surface area (Å²) in [5.41, 5.74) is 2.19. The number of aromatic hydroxyl groups is 1. The van der Waals surface area contributed by atoms with Gasteiger partial charge in [-0.1, -0.05) is 11.6 Å². The van der Waals surface area contributed by atoms with E-state index in [0.29, 0.717) is 23.7 Å². The second kappa shape index (κ2) is 8.18. The highest BCUT2D eigenvalue weighted by Crippen LogP contribution is 2.23. The van der Waals surface area contributed by atoms with Crippen molar-refractivity contribution < 1.29 is 24.2 Å². The lowest BCUT2D eigenvalue weighted by Crippen LogP contribution is -2.15. The van der Waals surface area contributed by atoms with E-state index in [2.05, 4.69) is 0 Å². The zero-order chi connectivity index (χ0) is 18.6. The SMILES string of the molecule is COCCn1c(C)cc(C(=O)COC(=O)c2ccc(Cl)cc2O)c1C. The third kappa shape index (κ3) is 4.41. The second-order valence-electron chi connectivity index (χ2n) is 5.59. The molecule has 0 atom stereocenters. The summed E-state index contributed by atoms with van der Waals surface area (Å²) in [5, 5.41) is 10.0. The molecule has 0 fully saturated rings. The van der Waals surface area contributed by atoms with Crippen LogP contribution in [0.4, 0.5) is 0 Å². The molecule has 0 aliphatic rings. The molecule has 1 aromatic carbocycles. The van der Waals surface area contributed by atoms with Crippen LogP contribution in [0.15, 0.2) is 24.3 Å². The lowest BCUT2D eigenvalue weighted by molar-refractivity contribution is 0.0471. The van der Waals surface area contributed by atoms with E-state index in [4.69, 9.17) is 21.1 Å². The number of hydrogen-bond donors (Lipinski definition) is 1. The Morgan fingerprint density at radius 3 is 2.56 bits per heavy atom. The number of aryl methyl sites for hydroxylation is 1. The number of phenolic OH excluding ortho intramolecular Hbond substituents is 1. The zero-order valence-electron chi connectivity index (χ0n) is 14.3. The minimum absolute atomic E-state index is 0.0391. The average Bonchev–Trinajstić information content (AvgIpc) is 2.85. The highest BCUT2D eigenvalue weighted by molar-refractivity contribution is 6.30. The molecule has 1 heterocycles. The van der Waals surface area contributed by atoms with E-state index < -0.39 is 12.6 Å². The van der Waals surface area contributed by atoms with Gasteiger partial charge in [0.1, 0.15) is 11.3 Å². The van der Waals surface area contributed by atoms with Gasteiger partial charge in [0.2, 0.25) is 5.78 Å². The number of Topliss-reactive ketones (excluding diaryl/α,β-unsaturated/α-hetero) is 1. The second-order valence-corrected chi connectivity index (χ2v) is 6.03. The Bertz CT molecular complexity index is 797. The third-order valence-electron chi connectivity index (χ3n) is 3.91. The molecule has 0 aliphatic heterocycles. The molecule has 2 aromatic rings. The zero-order valence-corrected chi connectivity index (χ0v) is 15.1. The van der Waals surface area contributed by atoms with Crippen molar-refractivity contribution in [1.82, 2.24) is 4.57 Å². The van der Waals surface area contributed by atoms with E-state index in [1.807, 2.05) is 18.4 Å². The fraction of sp³-hybridized carbons (Fsp3) is 0.333. The molecule has 7 heteroatoms. The highest BCUT2D eigenvalue weighted by Gasteiger charge is 2.19. The molecule has 0 saturated heterocycles. The van der Waals surface area contributed by atoms with E-state index in [-0.39, 0.29) is 17.1 Å². The number of rotatable bonds is 7. The summed E-state index contributed by atoms with van der Waals surface area (Å²) in [6.07, 6.45) is 0. The van der Waals surface area contributed by atoms with Gasteiger partial charge in [-0.3, -0.25) is 4.79 Å². The van der Waals surface area contributed by atoms with Gasteiger partial charge in [-0.2, -0.15) is 0 Å². The van der Waals surface area contributed by atoms with Crippen molar-refractivity contribution in [2.75, 3.05) is 20.3 Å². The summed E-state index contributed by atoms with van der Waals surface area (Å²) in [7, 11) is 1.62. The number of carbonyl (C=O) groups excluding carboxylic acids is 2. The van der Waals surface area contributed by atoms with Gasteiger partial charge in [-0.05, 0) is 38.1 Å². The Hall–Kier alpha value is -2.31. The van der Waals surface area contributed by atoms with Gasteiger partial charge >= 0.3 is 5.97 Å². The normalized spacial score (nSPS) is 10.7. The number of benzene rings is 1. The molecule has 0 amide bonds. The van der Waals surface area contributed by atoms with Crippen LogP contribution in [0.5, 0.6) is 5.75 Å². The maximum Gasteiger partial charge on any atom is 0.342 e. The van der Waals surface area contributed by atoms with E-state index in [1.54, 1.807) is 13.2 Å². The summed E-state index contributed by atoms with van der Waals surface area (Å²) in [4.78, 5) is 24.4. The molecule has 0 spiro atoms. The smallest absolute Gasteiger partial charge is 0.342 e. The Morgan fingerprint density at radius 1 is 1.20 bits per heavy atom. The predicted molar refractivity (Wildman–Crippen MR) is 93.5 cm³/mol. The van der Waals surface area contributed by atoms with Gasteiger partial charge < -0.3 is 19.1 Å². The van der Waals surface area contributed by atoms with Crippen molar-refractivity contribution in [1.29, 1.82) is 0 Å². The van der Waals surface area contributed by atoms with E-state index in [0.717, 1.165) is 11.4 Å². The molecule has 25 heavy (non-hydrogen) atoms. The number of carbonyl (C=O) groups is 2. The summed E-state index contributed by atoms with van der Waals surface area (Å²) in [6, 6.07) is 5.81. The number of methoxy groups -OCH3 is 1. The van der Waals surface area contributed by atoms with Crippen LogP contribution in [0.25, 0.3) is 0 Å².